The van der Waals surface area contributed by atoms with Gasteiger partial charge in [0.1, 0.15) is 0 Å². The molecule has 0 aliphatic heterocycles. The van der Waals surface area contributed by atoms with E-state index >= 15 is 0 Å². The molecule has 0 aliphatic carbocycles. The molecule has 0 unspecified atom stereocenters. The van der Waals surface area contributed by atoms with Crippen molar-refractivity contribution in [3.05, 3.63) is 95.6 Å². The molecule has 0 bridgehead atoms. The summed E-state index contributed by atoms with van der Waals surface area (Å²) in [6.45, 7) is 2.29. The number of rotatable bonds is 6. The van der Waals surface area contributed by atoms with Crippen molar-refractivity contribution in [1.29, 1.82) is 0 Å². The first-order chi connectivity index (χ1) is 12.9. The maximum atomic E-state index is 12.5. The van der Waals surface area contributed by atoms with Gasteiger partial charge in [-0.15, -0.1) is 0 Å². The highest BCUT2D eigenvalue weighted by atomic mass is 32.2. The Labute approximate surface area is 159 Å². The standard InChI is InChI=1S/C21H20N2O3S/c1-16-10-12-20(13-11-16)27(25,26)23-19-9-5-8-18(14-19)21(24)22-15-17-6-3-2-4-7-17/h2-14,23H,15H2,1H3,(H,22,24). The SMILES string of the molecule is Cc1ccc(S(=O)(=O)Nc2cccc(C(=O)NCc3ccccc3)c2)cc1. The van der Waals surface area contributed by atoms with E-state index in [2.05, 4.69) is 10.0 Å². The summed E-state index contributed by atoms with van der Waals surface area (Å²) in [4.78, 5) is 12.5. The summed E-state index contributed by atoms with van der Waals surface area (Å²) >= 11 is 0. The molecule has 0 aliphatic rings. The predicted octanol–water partition coefficient (Wildman–Crippen LogP) is 3.73. The number of hydrogen-bond donors (Lipinski definition) is 2. The lowest BCUT2D eigenvalue weighted by Gasteiger charge is -2.10. The Morgan fingerprint density at radius 2 is 1.59 bits per heavy atom. The summed E-state index contributed by atoms with van der Waals surface area (Å²) < 4.78 is 27.5. The number of carbonyl (C=O) groups excluding carboxylic acids is 1. The van der Waals surface area contributed by atoms with Crippen LogP contribution in [0.5, 0.6) is 0 Å². The van der Waals surface area contributed by atoms with Crippen molar-refractivity contribution < 1.29 is 13.2 Å². The molecule has 3 aromatic rings. The molecule has 0 spiro atoms. The monoisotopic (exact) mass is 380 g/mol. The number of nitrogens with one attached hydrogen (secondary N) is 2. The van der Waals surface area contributed by atoms with Crippen molar-refractivity contribution in [2.24, 2.45) is 0 Å². The van der Waals surface area contributed by atoms with Crippen molar-refractivity contribution >= 4 is 21.6 Å². The van der Waals surface area contributed by atoms with Gasteiger partial charge in [-0.25, -0.2) is 8.42 Å². The molecule has 3 aromatic carbocycles. The number of amides is 1. The molecule has 27 heavy (non-hydrogen) atoms. The third kappa shape index (κ3) is 4.95. The summed E-state index contributed by atoms with van der Waals surface area (Å²) in [7, 11) is -3.71. The minimum atomic E-state index is -3.71. The van der Waals surface area contributed by atoms with Crippen molar-refractivity contribution in [3.8, 4) is 0 Å². The maximum absolute atomic E-state index is 12.5. The maximum Gasteiger partial charge on any atom is 0.261 e. The van der Waals surface area contributed by atoms with Crippen LogP contribution in [0, 0.1) is 6.92 Å². The summed E-state index contributed by atoms with van der Waals surface area (Å²) in [5.74, 6) is -0.268. The van der Waals surface area contributed by atoms with Crippen molar-refractivity contribution in [1.82, 2.24) is 5.32 Å². The average Bonchev–Trinajstić information content (AvgIpc) is 2.67. The van der Waals surface area contributed by atoms with Gasteiger partial charge >= 0.3 is 0 Å². The van der Waals surface area contributed by atoms with Gasteiger partial charge < -0.3 is 5.32 Å². The van der Waals surface area contributed by atoms with E-state index in [0.717, 1.165) is 11.1 Å². The number of anilines is 1. The fourth-order valence-corrected chi connectivity index (χ4v) is 3.59. The van der Waals surface area contributed by atoms with Gasteiger partial charge in [0.2, 0.25) is 0 Å². The molecule has 0 atom stereocenters. The quantitative estimate of drug-likeness (QED) is 0.684. The fourth-order valence-electron chi connectivity index (χ4n) is 2.54. The second-order valence-corrected chi connectivity index (χ2v) is 7.85. The lowest BCUT2D eigenvalue weighted by molar-refractivity contribution is 0.0951. The highest BCUT2D eigenvalue weighted by Gasteiger charge is 2.15. The van der Waals surface area contributed by atoms with Gasteiger partial charge in [0.15, 0.2) is 0 Å². The van der Waals surface area contributed by atoms with Gasteiger partial charge in [0.05, 0.1) is 4.90 Å². The van der Waals surface area contributed by atoms with Gasteiger partial charge in [-0.1, -0.05) is 54.1 Å². The molecule has 3 rings (SSSR count). The number of benzene rings is 3. The Bertz CT molecular complexity index is 1030. The van der Waals surface area contributed by atoms with E-state index in [-0.39, 0.29) is 10.8 Å². The Morgan fingerprint density at radius 1 is 0.889 bits per heavy atom. The zero-order valence-electron chi connectivity index (χ0n) is 14.8. The Balaban J connectivity index is 1.71. The smallest absolute Gasteiger partial charge is 0.261 e. The second kappa shape index (κ2) is 8.05. The molecule has 0 saturated carbocycles. The lowest BCUT2D eigenvalue weighted by atomic mass is 10.2. The predicted molar refractivity (Wildman–Crippen MR) is 106 cm³/mol. The lowest BCUT2D eigenvalue weighted by Crippen LogP contribution is -2.23. The normalized spacial score (nSPS) is 11.0. The molecule has 1 amide bonds. The number of sulfonamides is 1. The van der Waals surface area contributed by atoms with Crippen molar-refractivity contribution in [2.75, 3.05) is 4.72 Å². The van der Waals surface area contributed by atoms with Gasteiger partial charge in [0.25, 0.3) is 15.9 Å². The molecule has 0 saturated heterocycles. The van der Waals surface area contributed by atoms with E-state index in [1.54, 1.807) is 42.5 Å². The summed E-state index contributed by atoms with van der Waals surface area (Å²) in [6.07, 6.45) is 0. The fraction of sp³-hybridized carbons (Fsp3) is 0.0952. The van der Waals surface area contributed by atoms with Crippen LogP contribution in [-0.2, 0) is 16.6 Å². The van der Waals surface area contributed by atoms with E-state index in [9.17, 15) is 13.2 Å². The van der Waals surface area contributed by atoms with Crippen LogP contribution < -0.4 is 10.0 Å². The topological polar surface area (TPSA) is 75.3 Å². The van der Waals surface area contributed by atoms with E-state index in [1.807, 2.05) is 37.3 Å². The van der Waals surface area contributed by atoms with Crippen LogP contribution in [0.25, 0.3) is 0 Å². The van der Waals surface area contributed by atoms with Crippen molar-refractivity contribution in [3.63, 3.8) is 0 Å². The molecule has 0 heterocycles. The van der Waals surface area contributed by atoms with Crippen LogP contribution >= 0.6 is 0 Å². The zero-order valence-corrected chi connectivity index (χ0v) is 15.7. The van der Waals surface area contributed by atoms with Gasteiger partial charge in [-0.05, 0) is 42.8 Å². The molecule has 0 fully saturated rings. The van der Waals surface area contributed by atoms with Gasteiger partial charge in [0, 0.05) is 17.8 Å². The largest absolute Gasteiger partial charge is 0.348 e. The highest BCUT2D eigenvalue weighted by Crippen LogP contribution is 2.18. The number of carbonyl (C=O) groups is 1. The number of hydrogen-bond acceptors (Lipinski definition) is 3. The van der Waals surface area contributed by atoms with Crippen LogP contribution in [0.3, 0.4) is 0 Å². The van der Waals surface area contributed by atoms with Crippen molar-refractivity contribution in [2.45, 2.75) is 18.4 Å². The summed E-state index contributed by atoms with van der Waals surface area (Å²) in [5.41, 5.74) is 2.69. The Kier molecular flexibility index (Phi) is 5.57. The summed E-state index contributed by atoms with van der Waals surface area (Å²) in [6, 6.07) is 22.6. The van der Waals surface area contributed by atoms with Crippen LogP contribution in [0.15, 0.2) is 83.8 Å². The van der Waals surface area contributed by atoms with E-state index in [1.165, 1.54) is 6.07 Å². The molecule has 5 nitrogen and oxygen atoms in total. The first-order valence-corrected chi connectivity index (χ1v) is 9.94. The van der Waals surface area contributed by atoms with E-state index in [0.29, 0.717) is 17.8 Å². The molecule has 2 N–H and O–H groups in total. The Morgan fingerprint density at radius 3 is 2.30 bits per heavy atom. The van der Waals surface area contributed by atoms with Crippen LogP contribution in [0.4, 0.5) is 5.69 Å². The Hall–Kier alpha value is -3.12. The van der Waals surface area contributed by atoms with Crippen LogP contribution in [0.2, 0.25) is 0 Å². The summed E-state index contributed by atoms with van der Waals surface area (Å²) in [5, 5.41) is 2.83. The third-order valence-electron chi connectivity index (χ3n) is 4.00. The van der Waals surface area contributed by atoms with Crippen LogP contribution in [0.1, 0.15) is 21.5 Å². The molecular formula is C21H20N2O3S. The minimum Gasteiger partial charge on any atom is -0.348 e. The highest BCUT2D eigenvalue weighted by molar-refractivity contribution is 7.92. The average molecular weight is 380 g/mol. The molecule has 0 radical (unpaired) electrons. The van der Waals surface area contributed by atoms with Gasteiger partial charge in [-0.2, -0.15) is 0 Å². The molecule has 138 valence electrons. The van der Waals surface area contributed by atoms with E-state index < -0.39 is 10.0 Å². The molecule has 0 aromatic heterocycles. The first kappa shape index (κ1) is 18.7. The first-order valence-electron chi connectivity index (χ1n) is 8.46. The third-order valence-corrected chi connectivity index (χ3v) is 5.40. The van der Waals surface area contributed by atoms with Gasteiger partial charge in [-0.3, -0.25) is 9.52 Å². The van der Waals surface area contributed by atoms with Crippen LogP contribution in [-0.4, -0.2) is 14.3 Å². The molecular weight excluding hydrogens is 360 g/mol. The number of aryl methyl sites for hydroxylation is 1. The molecule has 6 heteroatoms. The second-order valence-electron chi connectivity index (χ2n) is 6.17. The minimum absolute atomic E-state index is 0.173. The zero-order chi connectivity index (χ0) is 19.3. The van der Waals surface area contributed by atoms with E-state index in [4.69, 9.17) is 0 Å².